The molecule has 22 heavy (non-hydrogen) atoms. The SMILES string of the molecule is Cc1ccccc1/C=C/C(=O)Nc1cc[c]([Ge+3])cc1.[OH-].[OH-].[OH-]. The van der Waals surface area contributed by atoms with Crippen LogP contribution in [0.15, 0.2) is 54.6 Å². The number of rotatable bonds is 3. The zero-order valence-corrected chi connectivity index (χ0v) is 14.1. The fourth-order valence-electron chi connectivity index (χ4n) is 1.68. The molecular formula is C16H17GeNO4. The van der Waals surface area contributed by atoms with Crippen molar-refractivity contribution in [3.05, 3.63) is 65.7 Å². The maximum Gasteiger partial charge on any atom is -0.870 e. The van der Waals surface area contributed by atoms with Crippen molar-refractivity contribution in [1.29, 1.82) is 0 Å². The molecule has 6 heteroatoms. The molecule has 0 heterocycles. The molecule has 0 fully saturated rings. The third-order valence-corrected chi connectivity index (χ3v) is 3.45. The van der Waals surface area contributed by atoms with Gasteiger partial charge in [0.05, 0.1) is 0 Å². The molecule has 0 spiro atoms. The van der Waals surface area contributed by atoms with Gasteiger partial charge in [-0.1, -0.05) is 0 Å². The summed E-state index contributed by atoms with van der Waals surface area (Å²) in [5.41, 5.74) is 3.02. The third-order valence-electron chi connectivity index (χ3n) is 2.76. The molecular weight excluding hydrogens is 343 g/mol. The molecule has 0 aromatic heterocycles. The number of hydrogen-bond acceptors (Lipinski definition) is 4. The van der Waals surface area contributed by atoms with Crippen molar-refractivity contribution < 1.29 is 21.2 Å². The van der Waals surface area contributed by atoms with Gasteiger partial charge in [-0.15, -0.1) is 0 Å². The van der Waals surface area contributed by atoms with Crippen LogP contribution in [0.2, 0.25) is 0 Å². The molecule has 0 aliphatic carbocycles. The van der Waals surface area contributed by atoms with Crippen LogP contribution in [0.25, 0.3) is 6.08 Å². The first-order chi connectivity index (χ1) is 9.15. The maximum absolute atomic E-state index is 11.8. The molecule has 0 aliphatic rings. The van der Waals surface area contributed by atoms with Crippen molar-refractivity contribution in [2.24, 2.45) is 0 Å². The van der Waals surface area contributed by atoms with E-state index in [0.717, 1.165) is 16.8 Å². The van der Waals surface area contributed by atoms with Crippen molar-refractivity contribution in [2.45, 2.75) is 6.92 Å². The molecule has 0 saturated heterocycles. The van der Waals surface area contributed by atoms with Gasteiger partial charge in [-0.3, -0.25) is 0 Å². The molecule has 0 bridgehead atoms. The number of amides is 1. The van der Waals surface area contributed by atoms with Gasteiger partial charge in [0.15, 0.2) is 0 Å². The number of nitrogens with one attached hydrogen (secondary N) is 1. The molecule has 0 aliphatic heterocycles. The van der Waals surface area contributed by atoms with Crippen LogP contribution in [0, 0.1) is 6.92 Å². The second-order valence-electron chi connectivity index (χ2n) is 4.26. The van der Waals surface area contributed by atoms with Crippen LogP contribution in [0.5, 0.6) is 0 Å². The van der Waals surface area contributed by atoms with Gasteiger partial charge in [-0.25, -0.2) is 0 Å². The molecule has 0 atom stereocenters. The average molecular weight is 360 g/mol. The summed E-state index contributed by atoms with van der Waals surface area (Å²) in [6.45, 7) is 2.03. The Morgan fingerprint density at radius 3 is 2.18 bits per heavy atom. The van der Waals surface area contributed by atoms with Crippen molar-refractivity contribution in [2.75, 3.05) is 5.32 Å². The molecule has 114 valence electrons. The first-order valence-corrected chi connectivity index (χ1v) is 7.06. The van der Waals surface area contributed by atoms with Crippen molar-refractivity contribution in [3.63, 3.8) is 0 Å². The number of hydrogen-bond donors (Lipinski definition) is 1. The van der Waals surface area contributed by atoms with E-state index in [0.29, 0.717) is 0 Å². The molecule has 2 rings (SSSR count). The molecule has 0 radical (unpaired) electrons. The minimum atomic E-state index is -0.118. The average Bonchev–Trinajstić information content (AvgIpc) is 2.40. The van der Waals surface area contributed by atoms with Gasteiger partial charge in [0.1, 0.15) is 0 Å². The summed E-state index contributed by atoms with van der Waals surface area (Å²) in [4.78, 5) is 11.8. The minimum absolute atomic E-state index is 0. The van der Waals surface area contributed by atoms with E-state index in [1.807, 2.05) is 78.0 Å². The van der Waals surface area contributed by atoms with E-state index in [9.17, 15) is 4.79 Å². The van der Waals surface area contributed by atoms with Gasteiger partial charge in [-0.05, 0) is 0 Å². The largest absolute Gasteiger partial charge is 0.870 e. The Balaban J connectivity index is 0. The van der Waals surface area contributed by atoms with E-state index in [-0.39, 0.29) is 22.3 Å². The predicted molar refractivity (Wildman–Crippen MR) is 86.5 cm³/mol. The van der Waals surface area contributed by atoms with E-state index in [2.05, 4.69) is 5.32 Å². The Labute approximate surface area is 138 Å². The fourth-order valence-corrected chi connectivity index (χ4v) is 2.03. The zero-order valence-electron chi connectivity index (χ0n) is 12.0. The number of carbonyl (C=O) groups is 1. The summed E-state index contributed by atoms with van der Waals surface area (Å²) in [6, 6.07) is 15.7. The van der Waals surface area contributed by atoms with Crippen LogP contribution in [0.1, 0.15) is 11.1 Å². The molecule has 2 aromatic rings. The number of benzene rings is 2. The molecule has 1 amide bonds. The van der Waals surface area contributed by atoms with E-state index in [1.165, 1.54) is 4.40 Å². The molecule has 4 N–H and O–H groups in total. The molecule has 0 unspecified atom stereocenters. The predicted octanol–water partition coefficient (Wildman–Crippen LogP) is 1.91. The van der Waals surface area contributed by atoms with Gasteiger partial charge < -0.3 is 16.4 Å². The van der Waals surface area contributed by atoms with Crippen LogP contribution in [0.4, 0.5) is 5.69 Å². The van der Waals surface area contributed by atoms with Gasteiger partial charge in [0.25, 0.3) is 0 Å². The Hall–Kier alpha value is -1.93. The monoisotopic (exact) mass is 361 g/mol. The van der Waals surface area contributed by atoms with E-state index >= 15 is 0 Å². The van der Waals surface area contributed by atoms with Gasteiger partial charge >= 0.3 is 121 Å². The Kier molecular flexibility index (Phi) is 10.9. The van der Waals surface area contributed by atoms with Crippen LogP contribution >= 0.6 is 0 Å². The summed E-state index contributed by atoms with van der Waals surface area (Å²) in [5.74, 6) is -0.118. The van der Waals surface area contributed by atoms with Crippen molar-refractivity contribution in [3.8, 4) is 0 Å². The third kappa shape index (κ3) is 6.68. The second kappa shape index (κ2) is 10.8. The quantitative estimate of drug-likeness (QED) is 0.664. The van der Waals surface area contributed by atoms with Crippen LogP contribution in [-0.4, -0.2) is 38.8 Å². The molecule has 2 aromatic carbocycles. The second-order valence-corrected chi connectivity index (χ2v) is 5.47. The van der Waals surface area contributed by atoms with E-state index in [1.54, 1.807) is 6.08 Å². The molecule has 5 nitrogen and oxygen atoms in total. The van der Waals surface area contributed by atoms with Crippen LogP contribution in [0.3, 0.4) is 0 Å². The number of carbonyl (C=O) groups excluding carboxylic acids is 1. The summed E-state index contributed by atoms with van der Waals surface area (Å²) >= 11 is 2.02. The Morgan fingerprint density at radius 2 is 1.59 bits per heavy atom. The Bertz CT molecular complexity index is 612. The van der Waals surface area contributed by atoms with E-state index < -0.39 is 0 Å². The Morgan fingerprint density at radius 1 is 1.00 bits per heavy atom. The maximum atomic E-state index is 11.8. The van der Waals surface area contributed by atoms with E-state index in [4.69, 9.17) is 0 Å². The van der Waals surface area contributed by atoms with Gasteiger partial charge in [0.2, 0.25) is 0 Å². The summed E-state index contributed by atoms with van der Waals surface area (Å²) < 4.78 is 1.17. The minimum Gasteiger partial charge on any atom is -0.870 e. The van der Waals surface area contributed by atoms with Gasteiger partial charge in [0, 0.05) is 0 Å². The van der Waals surface area contributed by atoms with Crippen molar-refractivity contribution in [1.82, 2.24) is 0 Å². The topological polar surface area (TPSA) is 119 Å². The zero-order chi connectivity index (χ0) is 13.7. The summed E-state index contributed by atoms with van der Waals surface area (Å²) in [5, 5.41) is 2.83. The number of aryl methyl sites for hydroxylation is 1. The molecule has 0 saturated carbocycles. The number of anilines is 1. The standard InChI is InChI=1S/C16H14GeNO.3H2O/c1-12-4-2-3-5-13(12)6-11-16(19)18-15-9-7-14(17)8-10-15;;;/h2-11H,1H3,(H,18,19);3*1H2/q+3;;;/p-3/b11-6+;;;. The summed E-state index contributed by atoms with van der Waals surface area (Å²) in [7, 11) is 0. The van der Waals surface area contributed by atoms with Crippen LogP contribution < -0.4 is 9.71 Å². The normalized spacial score (nSPS) is 9.23. The van der Waals surface area contributed by atoms with Crippen molar-refractivity contribution >= 4 is 38.6 Å². The van der Waals surface area contributed by atoms with Gasteiger partial charge in [-0.2, -0.15) is 0 Å². The first-order valence-electron chi connectivity index (χ1n) is 6.01. The van der Waals surface area contributed by atoms with Crippen LogP contribution in [-0.2, 0) is 4.79 Å². The smallest absolute Gasteiger partial charge is 0.870 e. The fraction of sp³-hybridized carbons (Fsp3) is 0.0625. The summed E-state index contributed by atoms with van der Waals surface area (Å²) in [6.07, 6.45) is 3.39. The first kappa shape index (κ1) is 22.4.